The second-order valence-corrected chi connectivity index (χ2v) is 6.60. The molecule has 0 atom stereocenters. The monoisotopic (exact) mass is 364 g/mol. The molecule has 0 saturated heterocycles. The minimum absolute atomic E-state index is 0.0173. The molecule has 2 aromatic rings. The Bertz CT molecular complexity index is 897. The van der Waals surface area contributed by atoms with E-state index >= 15 is 0 Å². The number of amides is 1. The Balaban J connectivity index is 2.38. The van der Waals surface area contributed by atoms with Crippen molar-refractivity contribution >= 4 is 21.6 Å². The fourth-order valence-corrected chi connectivity index (χ4v) is 3.22. The molecule has 0 heterocycles. The lowest BCUT2D eigenvalue weighted by atomic mass is 10.2. The van der Waals surface area contributed by atoms with Gasteiger partial charge in [-0.1, -0.05) is 18.2 Å². The number of ether oxygens (including phenoxy) is 1. The zero-order valence-electron chi connectivity index (χ0n) is 13.5. The molecule has 8 heteroatoms. The number of hydrogen-bond donors (Lipinski definition) is 2. The zero-order valence-corrected chi connectivity index (χ0v) is 14.3. The van der Waals surface area contributed by atoms with E-state index in [1.54, 1.807) is 18.2 Å². The Kier molecular flexibility index (Phi) is 5.76. The van der Waals surface area contributed by atoms with Crippen LogP contribution in [0.4, 0.5) is 10.1 Å². The van der Waals surface area contributed by atoms with Crippen LogP contribution in [0.5, 0.6) is 5.75 Å². The first-order valence-corrected chi connectivity index (χ1v) is 8.72. The van der Waals surface area contributed by atoms with Crippen molar-refractivity contribution in [2.75, 3.05) is 18.4 Å². The molecule has 6 nitrogen and oxygen atoms in total. The number of halogens is 1. The van der Waals surface area contributed by atoms with Crippen molar-refractivity contribution in [1.29, 1.82) is 0 Å². The maximum atomic E-state index is 14.1. The molecule has 25 heavy (non-hydrogen) atoms. The Morgan fingerprint density at radius 3 is 2.68 bits per heavy atom. The van der Waals surface area contributed by atoms with Crippen molar-refractivity contribution in [3.8, 4) is 5.75 Å². The normalized spacial score (nSPS) is 10.8. The highest BCUT2D eigenvalue weighted by Crippen LogP contribution is 2.27. The Labute approximate surface area is 145 Å². The van der Waals surface area contributed by atoms with Crippen molar-refractivity contribution in [2.45, 2.75) is 4.90 Å². The van der Waals surface area contributed by atoms with E-state index in [1.165, 1.54) is 25.3 Å². The van der Waals surface area contributed by atoms with Gasteiger partial charge in [0, 0.05) is 12.1 Å². The van der Waals surface area contributed by atoms with E-state index in [0.29, 0.717) is 0 Å². The summed E-state index contributed by atoms with van der Waals surface area (Å²) in [5.41, 5.74) is 0.176. The first-order valence-electron chi connectivity index (χ1n) is 7.23. The summed E-state index contributed by atoms with van der Waals surface area (Å²) < 4.78 is 46.5. The molecule has 2 aromatic carbocycles. The molecule has 0 aromatic heterocycles. The predicted octanol–water partition coefficient (Wildman–Crippen LogP) is 2.55. The Hall–Kier alpha value is -2.87. The van der Waals surface area contributed by atoms with Crippen LogP contribution in [0.15, 0.2) is 60.0 Å². The van der Waals surface area contributed by atoms with Gasteiger partial charge < -0.3 is 10.1 Å². The van der Waals surface area contributed by atoms with E-state index in [2.05, 4.69) is 16.6 Å². The van der Waals surface area contributed by atoms with Crippen LogP contribution in [-0.4, -0.2) is 28.0 Å². The summed E-state index contributed by atoms with van der Waals surface area (Å²) in [7, 11) is -2.87. The van der Waals surface area contributed by atoms with Crippen molar-refractivity contribution in [3.05, 3.63) is 66.5 Å². The minimum Gasteiger partial charge on any atom is -0.495 e. The zero-order chi connectivity index (χ0) is 18.4. The van der Waals surface area contributed by atoms with Crippen LogP contribution in [0.3, 0.4) is 0 Å². The average molecular weight is 364 g/mol. The molecule has 1 amide bonds. The summed E-state index contributed by atoms with van der Waals surface area (Å²) in [5.74, 6) is -1.22. The van der Waals surface area contributed by atoms with Crippen LogP contribution >= 0.6 is 0 Å². The van der Waals surface area contributed by atoms with Crippen LogP contribution in [0.2, 0.25) is 0 Å². The molecule has 0 spiro atoms. The summed E-state index contributed by atoms with van der Waals surface area (Å²) in [5, 5.41) is 2.50. The summed E-state index contributed by atoms with van der Waals surface area (Å²) >= 11 is 0. The van der Waals surface area contributed by atoms with E-state index in [0.717, 1.165) is 12.1 Å². The number of para-hydroxylation sites is 2. The lowest BCUT2D eigenvalue weighted by molar-refractivity contribution is 0.0957. The topological polar surface area (TPSA) is 84.5 Å². The van der Waals surface area contributed by atoms with Crippen molar-refractivity contribution in [1.82, 2.24) is 5.32 Å². The van der Waals surface area contributed by atoms with Gasteiger partial charge in [-0.3, -0.25) is 9.52 Å². The SMILES string of the molecule is C=CCNC(=O)c1ccc(F)c(S(=O)(=O)Nc2ccccc2OC)c1. The number of carbonyl (C=O) groups excluding carboxylic acids is 1. The summed E-state index contributed by atoms with van der Waals surface area (Å²) in [6, 6.07) is 9.43. The molecule has 0 fully saturated rings. The number of rotatable bonds is 7. The maximum absolute atomic E-state index is 14.1. The number of benzene rings is 2. The molecule has 0 radical (unpaired) electrons. The van der Waals surface area contributed by atoms with Gasteiger partial charge in [0.2, 0.25) is 0 Å². The lowest BCUT2D eigenvalue weighted by Crippen LogP contribution is -2.24. The second kappa shape index (κ2) is 7.80. The van der Waals surface area contributed by atoms with Gasteiger partial charge in [0.15, 0.2) is 0 Å². The van der Waals surface area contributed by atoms with Gasteiger partial charge >= 0.3 is 0 Å². The summed E-state index contributed by atoms with van der Waals surface area (Å²) in [4.78, 5) is 11.3. The molecule has 0 aliphatic carbocycles. The molecule has 0 bridgehead atoms. The van der Waals surface area contributed by atoms with E-state index in [4.69, 9.17) is 4.74 Å². The van der Waals surface area contributed by atoms with Crippen LogP contribution in [0, 0.1) is 5.82 Å². The van der Waals surface area contributed by atoms with E-state index in [-0.39, 0.29) is 23.5 Å². The van der Waals surface area contributed by atoms with Gasteiger partial charge in [-0.05, 0) is 30.3 Å². The van der Waals surface area contributed by atoms with E-state index in [1.807, 2.05) is 0 Å². The first-order chi connectivity index (χ1) is 11.9. The van der Waals surface area contributed by atoms with Gasteiger partial charge in [-0.25, -0.2) is 12.8 Å². The highest BCUT2D eigenvalue weighted by molar-refractivity contribution is 7.92. The van der Waals surface area contributed by atoms with Crippen molar-refractivity contribution in [2.24, 2.45) is 0 Å². The maximum Gasteiger partial charge on any atom is 0.264 e. The van der Waals surface area contributed by atoms with Crippen LogP contribution in [0.1, 0.15) is 10.4 Å². The Morgan fingerprint density at radius 2 is 2.00 bits per heavy atom. The number of nitrogens with one attached hydrogen (secondary N) is 2. The third-order valence-electron chi connectivity index (χ3n) is 3.24. The second-order valence-electron chi connectivity index (χ2n) is 4.95. The van der Waals surface area contributed by atoms with Crippen LogP contribution in [-0.2, 0) is 10.0 Å². The first kappa shape index (κ1) is 18.5. The molecular formula is C17H17FN2O4S. The molecule has 132 valence electrons. The molecule has 0 saturated carbocycles. The average Bonchev–Trinajstić information content (AvgIpc) is 2.60. The molecular weight excluding hydrogens is 347 g/mol. The van der Waals surface area contributed by atoms with Gasteiger partial charge in [0.25, 0.3) is 15.9 Å². The Morgan fingerprint density at radius 1 is 1.28 bits per heavy atom. The van der Waals surface area contributed by atoms with Crippen LogP contribution in [0.25, 0.3) is 0 Å². The summed E-state index contributed by atoms with van der Waals surface area (Å²) in [6.45, 7) is 3.67. The molecule has 0 aliphatic rings. The molecule has 0 unspecified atom stereocenters. The molecule has 0 aliphatic heterocycles. The summed E-state index contributed by atoms with van der Waals surface area (Å²) in [6.07, 6.45) is 1.47. The standard InChI is InChI=1S/C17H17FN2O4S/c1-3-10-19-17(21)12-8-9-13(18)16(11-12)25(22,23)20-14-6-4-5-7-15(14)24-2/h3-9,11,20H,1,10H2,2H3,(H,19,21). The molecule has 2 N–H and O–H groups in total. The third-order valence-corrected chi connectivity index (χ3v) is 4.62. The van der Waals surface area contributed by atoms with Crippen molar-refractivity contribution < 1.29 is 22.3 Å². The molecule has 2 rings (SSSR count). The third kappa shape index (κ3) is 4.36. The number of carbonyl (C=O) groups is 1. The van der Waals surface area contributed by atoms with Crippen molar-refractivity contribution in [3.63, 3.8) is 0 Å². The lowest BCUT2D eigenvalue weighted by Gasteiger charge is -2.13. The minimum atomic E-state index is -4.26. The van der Waals surface area contributed by atoms with Crippen LogP contribution < -0.4 is 14.8 Å². The highest BCUT2D eigenvalue weighted by Gasteiger charge is 2.22. The number of anilines is 1. The largest absolute Gasteiger partial charge is 0.495 e. The fourth-order valence-electron chi connectivity index (χ4n) is 2.05. The highest BCUT2D eigenvalue weighted by atomic mass is 32.2. The van der Waals surface area contributed by atoms with Gasteiger partial charge in [-0.2, -0.15) is 0 Å². The van der Waals surface area contributed by atoms with Gasteiger partial charge in [0.05, 0.1) is 12.8 Å². The predicted molar refractivity (Wildman–Crippen MR) is 92.7 cm³/mol. The van der Waals surface area contributed by atoms with E-state index in [9.17, 15) is 17.6 Å². The van der Waals surface area contributed by atoms with E-state index < -0.39 is 26.6 Å². The quantitative estimate of drug-likeness (QED) is 0.740. The van der Waals surface area contributed by atoms with Gasteiger partial charge in [0.1, 0.15) is 16.5 Å². The smallest absolute Gasteiger partial charge is 0.264 e. The fraction of sp³-hybridized carbons (Fsp3) is 0.118. The number of sulfonamides is 1. The van der Waals surface area contributed by atoms with Gasteiger partial charge in [-0.15, -0.1) is 6.58 Å². The number of methoxy groups -OCH3 is 1. The number of hydrogen-bond acceptors (Lipinski definition) is 4.